The van der Waals surface area contributed by atoms with E-state index < -0.39 is 6.04 Å². The quantitative estimate of drug-likeness (QED) is 0.484. The molecule has 1 saturated carbocycles. The number of nitrogens with one attached hydrogen (secondary N) is 2. The smallest absolute Gasteiger partial charge is 0.248 e. The summed E-state index contributed by atoms with van der Waals surface area (Å²) in [5.74, 6) is -0.0880. The number of hydrogen-bond acceptors (Lipinski definition) is 6. The molecule has 0 radical (unpaired) electrons. The molecule has 0 saturated heterocycles. The van der Waals surface area contributed by atoms with Crippen LogP contribution in [0.3, 0.4) is 0 Å². The minimum absolute atomic E-state index is 0.0681. The normalized spacial score (nSPS) is 14.3. The molecule has 0 unspecified atom stereocenters. The SMILES string of the molecule is Cc1cc(NC(=O)CCC(=O)N(c2ccccc2)[C@H](C(=O)NC2CCCC2)c2ccncc2)no1. The number of anilines is 2. The molecule has 4 rings (SSSR count). The molecule has 35 heavy (non-hydrogen) atoms. The Bertz CT molecular complexity index is 1140. The maximum Gasteiger partial charge on any atom is 0.248 e. The van der Waals surface area contributed by atoms with Crippen molar-refractivity contribution >= 4 is 29.2 Å². The first-order valence-corrected chi connectivity index (χ1v) is 11.8. The fourth-order valence-electron chi connectivity index (χ4n) is 4.31. The van der Waals surface area contributed by atoms with Gasteiger partial charge >= 0.3 is 0 Å². The molecule has 3 aromatic rings. The highest BCUT2D eigenvalue weighted by atomic mass is 16.5. The van der Waals surface area contributed by atoms with Crippen LogP contribution in [0.2, 0.25) is 0 Å². The van der Waals surface area contributed by atoms with Crippen LogP contribution in [-0.4, -0.2) is 33.9 Å². The topological polar surface area (TPSA) is 117 Å². The second-order valence-electron chi connectivity index (χ2n) is 8.64. The third-order valence-electron chi connectivity index (χ3n) is 5.99. The molecular weight excluding hydrogens is 446 g/mol. The summed E-state index contributed by atoms with van der Waals surface area (Å²) in [4.78, 5) is 45.1. The van der Waals surface area contributed by atoms with Crippen molar-refractivity contribution < 1.29 is 18.9 Å². The van der Waals surface area contributed by atoms with Gasteiger partial charge in [0.15, 0.2) is 5.82 Å². The van der Waals surface area contributed by atoms with E-state index in [0.29, 0.717) is 22.8 Å². The summed E-state index contributed by atoms with van der Waals surface area (Å²) < 4.78 is 4.96. The number of carbonyl (C=O) groups excluding carboxylic acids is 3. The number of pyridine rings is 1. The Hall–Kier alpha value is -4.01. The molecule has 9 heteroatoms. The van der Waals surface area contributed by atoms with E-state index in [9.17, 15) is 14.4 Å². The summed E-state index contributed by atoms with van der Waals surface area (Å²) in [7, 11) is 0. The summed E-state index contributed by atoms with van der Waals surface area (Å²) in [6.07, 6.45) is 7.06. The fourth-order valence-corrected chi connectivity index (χ4v) is 4.31. The van der Waals surface area contributed by atoms with Crippen molar-refractivity contribution in [3.8, 4) is 0 Å². The lowest BCUT2D eigenvalue weighted by molar-refractivity contribution is -0.127. The Kier molecular flexibility index (Phi) is 7.87. The van der Waals surface area contributed by atoms with Crippen LogP contribution in [-0.2, 0) is 14.4 Å². The van der Waals surface area contributed by atoms with E-state index in [1.807, 2.05) is 18.2 Å². The van der Waals surface area contributed by atoms with Crippen molar-refractivity contribution in [1.82, 2.24) is 15.5 Å². The maximum atomic E-state index is 13.6. The predicted octanol–water partition coefficient (Wildman–Crippen LogP) is 3.93. The number of para-hydroxylation sites is 1. The van der Waals surface area contributed by atoms with E-state index >= 15 is 0 Å². The van der Waals surface area contributed by atoms with Crippen LogP contribution in [0.15, 0.2) is 65.4 Å². The van der Waals surface area contributed by atoms with Crippen LogP contribution >= 0.6 is 0 Å². The molecule has 1 aromatic carbocycles. The maximum absolute atomic E-state index is 13.6. The molecule has 0 spiro atoms. The minimum Gasteiger partial charge on any atom is -0.360 e. The van der Waals surface area contributed by atoms with Crippen molar-refractivity contribution in [1.29, 1.82) is 0 Å². The molecule has 182 valence electrons. The van der Waals surface area contributed by atoms with Gasteiger partial charge in [0.1, 0.15) is 11.8 Å². The summed E-state index contributed by atoms with van der Waals surface area (Å²) in [6.45, 7) is 1.72. The van der Waals surface area contributed by atoms with Crippen molar-refractivity contribution in [2.45, 2.75) is 57.5 Å². The summed E-state index contributed by atoms with van der Waals surface area (Å²) in [5, 5.41) is 9.50. The number of hydrogen-bond donors (Lipinski definition) is 2. The molecule has 1 aliphatic rings. The van der Waals surface area contributed by atoms with Crippen LogP contribution < -0.4 is 15.5 Å². The van der Waals surface area contributed by atoms with Crippen LogP contribution in [0, 0.1) is 6.92 Å². The highest BCUT2D eigenvalue weighted by molar-refractivity contribution is 6.03. The number of carbonyl (C=O) groups is 3. The van der Waals surface area contributed by atoms with Gasteiger partial charge in [-0.3, -0.25) is 24.3 Å². The Morgan fingerprint density at radius 1 is 1.06 bits per heavy atom. The van der Waals surface area contributed by atoms with Gasteiger partial charge in [-0.1, -0.05) is 36.2 Å². The molecule has 0 bridgehead atoms. The van der Waals surface area contributed by atoms with E-state index in [0.717, 1.165) is 25.7 Å². The fraction of sp³-hybridized carbons (Fsp3) is 0.346. The van der Waals surface area contributed by atoms with Crippen molar-refractivity contribution in [3.05, 3.63) is 72.2 Å². The number of rotatable bonds is 9. The third kappa shape index (κ3) is 6.32. The highest BCUT2D eigenvalue weighted by Gasteiger charge is 2.34. The van der Waals surface area contributed by atoms with Gasteiger partial charge in [-0.15, -0.1) is 0 Å². The lowest BCUT2D eigenvalue weighted by Gasteiger charge is -2.32. The second kappa shape index (κ2) is 11.4. The summed E-state index contributed by atoms with van der Waals surface area (Å²) >= 11 is 0. The minimum atomic E-state index is -0.894. The zero-order chi connectivity index (χ0) is 24.6. The largest absolute Gasteiger partial charge is 0.360 e. The van der Waals surface area contributed by atoms with E-state index in [1.165, 1.54) is 4.90 Å². The number of amides is 3. The zero-order valence-corrected chi connectivity index (χ0v) is 19.6. The van der Waals surface area contributed by atoms with Crippen molar-refractivity contribution in [2.24, 2.45) is 0 Å². The Labute approximate surface area is 203 Å². The van der Waals surface area contributed by atoms with Gasteiger partial charge in [0.2, 0.25) is 17.7 Å². The standard InChI is InChI=1S/C26H29N5O4/c1-18-17-22(30-35-18)29-23(32)11-12-24(33)31(21-9-3-2-4-10-21)25(19-13-15-27-16-14-19)26(34)28-20-7-5-6-8-20/h2-4,9-10,13-17,20,25H,5-8,11-12H2,1H3,(H,28,34)(H,29,30,32)/t25-/m0/s1. The summed E-state index contributed by atoms with van der Waals surface area (Å²) in [6, 6.07) is 13.3. The third-order valence-corrected chi connectivity index (χ3v) is 5.99. The van der Waals surface area contributed by atoms with E-state index in [2.05, 4.69) is 20.8 Å². The highest BCUT2D eigenvalue weighted by Crippen LogP contribution is 2.30. The zero-order valence-electron chi connectivity index (χ0n) is 19.6. The molecule has 2 heterocycles. The first-order valence-electron chi connectivity index (χ1n) is 11.8. The number of benzene rings is 1. The van der Waals surface area contributed by atoms with Gasteiger partial charge in [0.05, 0.1) is 0 Å². The molecular formula is C26H29N5O4. The number of aromatic nitrogens is 2. The molecule has 1 fully saturated rings. The first-order chi connectivity index (χ1) is 17.0. The first kappa shape index (κ1) is 24.1. The van der Waals surface area contributed by atoms with Gasteiger partial charge in [-0.05, 0) is 49.6 Å². The van der Waals surface area contributed by atoms with Crippen molar-refractivity contribution in [3.63, 3.8) is 0 Å². The molecule has 3 amide bonds. The predicted molar refractivity (Wildman–Crippen MR) is 130 cm³/mol. The Morgan fingerprint density at radius 2 is 1.77 bits per heavy atom. The molecule has 0 aliphatic heterocycles. The van der Waals surface area contributed by atoms with Crippen LogP contribution in [0.25, 0.3) is 0 Å². The van der Waals surface area contributed by atoms with E-state index in [4.69, 9.17) is 4.52 Å². The van der Waals surface area contributed by atoms with Crippen LogP contribution in [0.5, 0.6) is 0 Å². The number of nitrogens with zero attached hydrogens (tertiary/aromatic N) is 3. The number of aryl methyl sites for hydroxylation is 1. The lowest BCUT2D eigenvalue weighted by Crippen LogP contribution is -2.46. The Balaban J connectivity index is 1.57. The molecule has 1 aliphatic carbocycles. The average molecular weight is 476 g/mol. The van der Waals surface area contributed by atoms with Crippen LogP contribution in [0.4, 0.5) is 11.5 Å². The van der Waals surface area contributed by atoms with Gasteiger partial charge < -0.3 is 15.2 Å². The molecule has 9 nitrogen and oxygen atoms in total. The molecule has 1 atom stereocenters. The lowest BCUT2D eigenvalue weighted by atomic mass is 10.0. The van der Waals surface area contributed by atoms with Crippen molar-refractivity contribution in [2.75, 3.05) is 10.2 Å². The average Bonchev–Trinajstić information content (AvgIpc) is 3.53. The molecule has 2 N–H and O–H groups in total. The van der Waals surface area contributed by atoms with Gasteiger partial charge in [0, 0.05) is 43.0 Å². The van der Waals surface area contributed by atoms with Gasteiger partial charge in [-0.2, -0.15) is 0 Å². The van der Waals surface area contributed by atoms with Gasteiger partial charge in [-0.25, -0.2) is 0 Å². The van der Waals surface area contributed by atoms with E-state index in [-0.39, 0.29) is 36.6 Å². The van der Waals surface area contributed by atoms with Crippen LogP contribution in [0.1, 0.15) is 55.9 Å². The monoisotopic (exact) mass is 475 g/mol. The Morgan fingerprint density at radius 3 is 2.43 bits per heavy atom. The molecule has 2 aromatic heterocycles. The van der Waals surface area contributed by atoms with Gasteiger partial charge in [0.25, 0.3) is 0 Å². The van der Waals surface area contributed by atoms with E-state index in [1.54, 1.807) is 49.6 Å². The summed E-state index contributed by atoms with van der Waals surface area (Å²) in [5.41, 5.74) is 1.23. The second-order valence-corrected chi connectivity index (χ2v) is 8.64.